The van der Waals surface area contributed by atoms with Crippen molar-refractivity contribution < 1.29 is 9.59 Å². The average molecular weight is 465 g/mol. The lowest BCUT2D eigenvalue weighted by Gasteiger charge is -2.12. The summed E-state index contributed by atoms with van der Waals surface area (Å²) in [5.74, 6) is -0.545. The first-order valence-electron chi connectivity index (χ1n) is 11.2. The lowest BCUT2D eigenvalue weighted by atomic mass is 10.1. The van der Waals surface area contributed by atoms with E-state index in [9.17, 15) is 9.59 Å². The third kappa shape index (κ3) is 4.67. The Labute approximate surface area is 202 Å². The number of rotatable bonds is 6. The maximum atomic E-state index is 13.0. The highest BCUT2D eigenvalue weighted by Crippen LogP contribution is 2.21. The zero-order valence-corrected chi connectivity index (χ0v) is 19.4. The summed E-state index contributed by atoms with van der Waals surface area (Å²) in [4.78, 5) is 34.0. The normalized spacial score (nSPS) is 10.9. The van der Waals surface area contributed by atoms with E-state index >= 15 is 0 Å². The van der Waals surface area contributed by atoms with Crippen LogP contribution in [-0.2, 0) is 13.6 Å². The maximum absolute atomic E-state index is 13.0. The summed E-state index contributed by atoms with van der Waals surface area (Å²) in [5.41, 5.74) is 6.04. The largest absolute Gasteiger partial charge is 0.330 e. The summed E-state index contributed by atoms with van der Waals surface area (Å²) in [7, 11) is 1.75. The molecule has 35 heavy (non-hydrogen) atoms. The Kier molecular flexibility index (Phi) is 5.85. The van der Waals surface area contributed by atoms with Crippen molar-refractivity contribution in [3.8, 4) is 0 Å². The minimum atomic E-state index is -0.287. The molecule has 2 amide bonds. The van der Waals surface area contributed by atoms with E-state index in [4.69, 9.17) is 0 Å². The van der Waals surface area contributed by atoms with Crippen molar-refractivity contribution in [3.05, 3.63) is 108 Å². The number of carbonyl (C=O) groups excluding carboxylic acids is 2. The van der Waals surface area contributed by atoms with Gasteiger partial charge in [0.05, 0.1) is 29.9 Å². The van der Waals surface area contributed by atoms with Crippen LogP contribution >= 0.6 is 0 Å². The minimum absolute atomic E-state index is 0.258. The van der Waals surface area contributed by atoms with Crippen LogP contribution in [0.2, 0.25) is 0 Å². The molecule has 5 rings (SSSR count). The van der Waals surface area contributed by atoms with E-state index in [0.717, 1.165) is 22.2 Å². The van der Waals surface area contributed by atoms with Crippen LogP contribution in [0.5, 0.6) is 0 Å². The van der Waals surface area contributed by atoms with E-state index in [1.807, 2.05) is 67.8 Å². The first-order chi connectivity index (χ1) is 17.0. The molecule has 3 aromatic carbocycles. The number of hydrogen-bond acceptors (Lipinski definition) is 4. The molecule has 0 saturated carbocycles. The van der Waals surface area contributed by atoms with Crippen LogP contribution in [0.4, 0.5) is 11.4 Å². The number of carbonyl (C=O) groups is 2. The van der Waals surface area contributed by atoms with E-state index in [1.54, 1.807) is 30.1 Å². The number of anilines is 2. The molecule has 8 heteroatoms. The molecule has 0 aliphatic heterocycles. The molecular formula is C27H24N6O2. The fourth-order valence-corrected chi connectivity index (χ4v) is 3.94. The SMILES string of the molecule is Cc1ccc(C(=O)Nc2cccc(Cn3cnc4ccccc43)c2)cc1NC(=O)c1cncn1C. The fraction of sp³-hybridized carbons (Fsp3) is 0.111. The van der Waals surface area contributed by atoms with Gasteiger partial charge in [-0.2, -0.15) is 0 Å². The highest BCUT2D eigenvalue weighted by Gasteiger charge is 2.14. The molecule has 0 aliphatic rings. The van der Waals surface area contributed by atoms with Crippen LogP contribution in [0, 0.1) is 6.92 Å². The van der Waals surface area contributed by atoms with Crippen molar-refractivity contribution in [2.24, 2.45) is 7.05 Å². The van der Waals surface area contributed by atoms with E-state index in [0.29, 0.717) is 29.2 Å². The second kappa shape index (κ2) is 9.26. The second-order valence-corrected chi connectivity index (χ2v) is 8.39. The van der Waals surface area contributed by atoms with Crippen molar-refractivity contribution in [3.63, 3.8) is 0 Å². The third-order valence-electron chi connectivity index (χ3n) is 5.86. The molecule has 174 valence electrons. The van der Waals surface area contributed by atoms with Gasteiger partial charge in [-0.15, -0.1) is 0 Å². The molecule has 8 nitrogen and oxygen atoms in total. The number of para-hydroxylation sites is 2. The van der Waals surface area contributed by atoms with Gasteiger partial charge in [-0.05, 0) is 54.4 Å². The first-order valence-corrected chi connectivity index (χ1v) is 11.2. The molecule has 0 aliphatic carbocycles. The Morgan fingerprint density at radius 2 is 1.77 bits per heavy atom. The summed E-state index contributed by atoms with van der Waals surface area (Å²) in [6, 6.07) is 21.0. The predicted molar refractivity (Wildman–Crippen MR) is 136 cm³/mol. The Bertz CT molecular complexity index is 1550. The number of aryl methyl sites for hydroxylation is 2. The van der Waals surface area contributed by atoms with E-state index < -0.39 is 0 Å². The molecule has 2 heterocycles. The molecule has 0 bridgehead atoms. The van der Waals surface area contributed by atoms with E-state index in [1.165, 1.54) is 6.20 Å². The topological polar surface area (TPSA) is 93.8 Å². The van der Waals surface area contributed by atoms with Crippen molar-refractivity contribution in [1.82, 2.24) is 19.1 Å². The average Bonchev–Trinajstić information content (AvgIpc) is 3.47. The van der Waals surface area contributed by atoms with Crippen LogP contribution in [0.1, 0.15) is 32.0 Å². The van der Waals surface area contributed by atoms with Crippen molar-refractivity contribution in [2.75, 3.05) is 10.6 Å². The zero-order valence-electron chi connectivity index (χ0n) is 19.4. The van der Waals surface area contributed by atoms with E-state index in [2.05, 4.69) is 25.2 Å². The number of amides is 2. The predicted octanol–water partition coefficient (Wildman–Crippen LogP) is 4.63. The monoisotopic (exact) mass is 464 g/mol. The summed E-state index contributed by atoms with van der Waals surface area (Å²) in [6.45, 7) is 2.52. The summed E-state index contributed by atoms with van der Waals surface area (Å²) < 4.78 is 3.72. The molecule has 0 fully saturated rings. The quantitative estimate of drug-likeness (QED) is 0.383. The smallest absolute Gasteiger partial charge is 0.273 e. The second-order valence-electron chi connectivity index (χ2n) is 8.39. The Morgan fingerprint density at radius 3 is 2.60 bits per heavy atom. The summed E-state index contributed by atoms with van der Waals surface area (Å²) >= 11 is 0. The highest BCUT2D eigenvalue weighted by molar-refractivity contribution is 6.07. The molecule has 5 aromatic rings. The third-order valence-corrected chi connectivity index (χ3v) is 5.86. The van der Waals surface area contributed by atoms with Crippen molar-refractivity contribution in [1.29, 1.82) is 0 Å². The zero-order chi connectivity index (χ0) is 24.4. The van der Waals surface area contributed by atoms with E-state index in [-0.39, 0.29) is 11.8 Å². The highest BCUT2D eigenvalue weighted by atomic mass is 16.2. The molecule has 2 N–H and O–H groups in total. The fourth-order valence-electron chi connectivity index (χ4n) is 3.94. The van der Waals surface area contributed by atoms with Gasteiger partial charge in [0.15, 0.2) is 0 Å². The summed E-state index contributed by atoms with van der Waals surface area (Å²) in [6.07, 6.45) is 4.89. The number of aromatic nitrogens is 4. The standard InChI is InChI=1S/C27H24N6O2/c1-18-10-11-20(13-23(18)31-27(35)25-14-28-16-32(25)2)26(34)30-21-7-5-6-19(12-21)15-33-17-29-22-8-3-4-9-24(22)33/h3-14,16-17H,15H2,1-2H3,(H,30,34)(H,31,35). The van der Waals surface area contributed by atoms with Gasteiger partial charge < -0.3 is 19.8 Å². The van der Waals surface area contributed by atoms with Crippen LogP contribution in [0.3, 0.4) is 0 Å². The van der Waals surface area contributed by atoms with Crippen LogP contribution in [0.15, 0.2) is 85.6 Å². The van der Waals surface area contributed by atoms with Crippen molar-refractivity contribution >= 4 is 34.2 Å². The summed E-state index contributed by atoms with van der Waals surface area (Å²) in [5, 5.41) is 5.83. The number of fused-ring (bicyclic) bond motifs is 1. The number of hydrogen-bond donors (Lipinski definition) is 2. The van der Waals surface area contributed by atoms with Gasteiger partial charge in [0.25, 0.3) is 11.8 Å². The minimum Gasteiger partial charge on any atom is -0.330 e. The van der Waals surface area contributed by atoms with Gasteiger partial charge in [0, 0.05) is 30.5 Å². The van der Waals surface area contributed by atoms with Gasteiger partial charge in [-0.3, -0.25) is 9.59 Å². The maximum Gasteiger partial charge on any atom is 0.273 e. The van der Waals surface area contributed by atoms with Gasteiger partial charge in [0.2, 0.25) is 0 Å². The number of benzene rings is 3. The number of nitrogens with one attached hydrogen (secondary N) is 2. The Hall–Kier alpha value is -4.72. The van der Waals surface area contributed by atoms with Crippen LogP contribution in [-0.4, -0.2) is 30.9 Å². The van der Waals surface area contributed by atoms with Gasteiger partial charge in [0.1, 0.15) is 5.69 Å². The lowest BCUT2D eigenvalue weighted by molar-refractivity contribution is 0.101. The Balaban J connectivity index is 1.31. The van der Waals surface area contributed by atoms with Gasteiger partial charge >= 0.3 is 0 Å². The molecule has 2 aromatic heterocycles. The van der Waals surface area contributed by atoms with Crippen molar-refractivity contribution in [2.45, 2.75) is 13.5 Å². The number of imidazole rings is 2. The molecular weight excluding hydrogens is 440 g/mol. The first kappa shape index (κ1) is 22.1. The molecule has 0 spiro atoms. The molecule has 0 saturated heterocycles. The van der Waals surface area contributed by atoms with Crippen LogP contribution < -0.4 is 10.6 Å². The van der Waals surface area contributed by atoms with Gasteiger partial charge in [-0.1, -0.05) is 30.3 Å². The number of nitrogens with zero attached hydrogens (tertiary/aromatic N) is 4. The molecule has 0 radical (unpaired) electrons. The Morgan fingerprint density at radius 1 is 0.914 bits per heavy atom. The molecule has 0 atom stereocenters. The van der Waals surface area contributed by atoms with Crippen LogP contribution in [0.25, 0.3) is 11.0 Å². The lowest BCUT2D eigenvalue weighted by Crippen LogP contribution is -2.17. The van der Waals surface area contributed by atoms with Gasteiger partial charge in [-0.25, -0.2) is 9.97 Å². The molecule has 0 unspecified atom stereocenters.